The molecule has 0 atom stereocenters. The summed E-state index contributed by atoms with van der Waals surface area (Å²) in [6.07, 6.45) is 2.25. The minimum absolute atomic E-state index is 0. The highest BCUT2D eigenvalue weighted by atomic mass is 35.5. The molecule has 0 bridgehead atoms. The third-order valence-corrected chi connectivity index (χ3v) is 3.89. The number of aryl methyl sites for hydroxylation is 1. The van der Waals surface area contributed by atoms with Crippen molar-refractivity contribution in [3.05, 3.63) is 29.5 Å². The Morgan fingerprint density at radius 3 is 3.17 bits per heavy atom. The van der Waals surface area contributed by atoms with Gasteiger partial charge in [-0.15, -0.1) is 12.4 Å². The lowest BCUT2D eigenvalue weighted by Crippen LogP contribution is -2.24. The molecule has 1 aromatic carbocycles. The van der Waals surface area contributed by atoms with Crippen LogP contribution in [0.25, 0.3) is 10.9 Å². The van der Waals surface area contributed by atoms with E-state index in [1.165, 1.54) is 22.2 Å². The standard InChI is InChI=1S/C14H16N2O.ClH/c1-3-10-11-9-15-6-5-12(11)16-7-2-8-17-13(4-1)14(10)16;/h1,3-4,15H,2,5-9H2;1H. The molecule has 1 aromatic heterocycles. The number of benzene rings is 1. The molecule has 0 fully saturated rings. The molecular weight excluding hydrogens is 248 g/mol. The van der Waals surface area contributed by atoms with Crippen LogP contribution in [0.4, 0.5) is 0 Å². The van der Waals surface area contributed by atoms with Crippen LogP contribution in [-0.4, -0.2) is 17.7 Å². The first-order valence-electron chi connectivity index (χ1n) is 6.41. The molecular formula is C14H17ClN2O. The summed E-state index contributed by atoms with van der Waals surface area (Å²) in [4.78, 5) is 0. The Hall–Kier alpha value is -1.19. The zero-order valence-corrected chi connectivity index (χ0v) is 11.1. The number of ether oxygens (including phenoxy) is 1. The molecule has 0 saturated heterocycles. The average molecular weight is 265 g/mol. The van der Waals surface area contributed by atoms with Crippen molar-refractivity contribution >= 4 is 23.3 Å². The van der Waals surface area contributed by atoms with E-state index in [0.717, 1.165) is 44.8 Å². The summed E-state index contributed by atoms with van der Waals surface area (Å²) in [7, 11) is 0. The van der Waals surface area contributed by atoms with Crippen molar-refractivity contribution in [3.63, 3.8) is 0 Å². The topological polar surface area (TPSA) is 26.2 Å². The van der Waals surface area contributed by atoms with Crippen LogP contribution in [0, 0.1) is 0 Å². The van der Waals surface area contributed by atoms with Crippen molar-refractivity contribution in [2.75, 3.05) is 13.2 Å². The highest BCUT2D eigenvalue weighted by Gasteiger charge is 2.22. The van der Waals surface area contributed by atoms with Crippen LogP contribution in [0.5, 0.6) is 5.75 Å². The van der Waals surface area contributed by atoms with Gasteiger partial charge in [-0.1, -0.05) is 12.1 Å². The van der Waals surface area contributed by atoms with Gasteiger partial charge in [0.2, 0.25) is 0 Å². The molecule has 96 valence electrons. The first-order valence-corrected chi connectivity index (χ1v) is 6.41. The number of fused-ring (bicyclic) bond motifs is 3. The zero-order valence-electron chi connectivity index (χ0n) is 10.2. The molecule has 0 aliphatic carbocycles. The van der Waals surface area contributed by atoms with E-state index in [9.17, 15) is 0 Å². The van der Waals surface area contributed by atoms with Gasteiger partial charge in [-0.05, 0) is 18.1 Å². The van der Waals surface area contributed by atoms with Crippen LogP contribution in [0.1, 0.15) is 17.7 Å². The van der Waals surface area contributed by atoms with Crippen LogP contribution >= 0.6 is 12.4 Å². The van der Waals surface area contributed by atoms with Crippen molar-refractivity contribution in [2.24, 2.45) is 0 Å². The van der Waals surface area contributed by atoms with Gasteiger partial charge < -0.3 is 14.6 Å². The molecule has 2 aliphatic rings. The Bertz CT molecular complexity index is 591. The predicted molar refractivity (Wildman–Crippen MR) is 74.7 cm³/mol. The molecule has 18 heavy (non-hydrogen) atoms. The molecule has 1 N–H and O–H groups in total. The monoisotopic (exact) mass is 264 g/mol. The second kappa shape index (κ2) is 4.48. The summed E-state index contributed by atoms with van der Waals surface area (Å²) in [6, 6.07) is 6.45. The van der Waals surface area contributed by atoms with E-state index >= 15 is 0 Å². The van der Waals surface area contributed by atoms with Gasteiger partial charge in [-0.2, -0.15) is 0 Å². The summed E-state index contributed by atoms with van der Waals surface area (Å²) in [5.41, 5.74) is 4.33. The molecule has 0 unspecified atom stereocenters. The van der Waals surface area contributed by atoms with Crippen LogP contribution in [-0.2, 0) is 19.5 Å². The second-order valence-corrected chi connectivity index (χ2v) is 4.86. The van der Waals surface area contributed by atoms with E-state index < -0.39 is 0 Å². The summed E-state index contributed by atoms with van der Waals surface area (Å²) in [5.74, 6) is 1.06. The Morgan fingerprint density at radius 1 is 1.28 bits per heavy atom. The van der Waals surface area contributed by atoms with Crippen molar-refractivity contribution in [2.45, 2.75) is 25.9 Å². The number of halogens is 1. The minimum Gasteiger partial charge on any atom is -0.491 e. The molecule has 0 amide bonds. The van der Waals surface area contributed by atoms with Gasteiger partial charge in [-0.25, -0.2) is 0 Å². The Morgan fingerprint density at radius 2 is 2.22 bits per heavy atom. The Kier molecular flexibility index (Phi) is 2.96. The van der Waals surface area contributed by atoms with E-state index in [-0.39, 0.29) is 12.4 Å². The molecule has 2 aliphatic heterocycles. The van der Waals surface area contributed by atoms with Crippen LogP contribution in [0.3, 0.4) is 0 Å². The lowest BCUT2D eigenvalue weighted by atomic mass is 10.1. The fourth-order valence-electron chi connectivity index (χ4n) is 3.17. The predicted octanol–water partition coefficient (Wildman–Crippen LogP) is 2.49. The average Bonchev–Trinajstić information content (AvgIpc) is 2.56. The number of hydrogen-bond donors (Lipinski definition) is 1. The van der Waals surface area contributed by atoms with Gasteiger partial charge in [0.15, 0.2) is 0 Å². The summed E-state index contributed by atoms with van der Waals surface area (Å²) < 4.78 is 8.35. The van der Waals surface area contributed by atoms with E-state index in [2.05, 4.69) is 28.1 Å². The molecule has 2 aromatic rings. The lowest BCUT2D eigenvalue weighted by molar-refractivity contribution is 0.315. The number of hydrogen-bond acceptors (Lipinski definition) is 2. The third kappa shape index (κ3) is 1.54. The maximum atomic E-state index is 5.86. The molecule has 3 nitrogen and oxygen atoms in total. The maximum Gasteiger partial charge on any atom is 0.143 e. The van der Waals surface area contributed by atoms with E-state index in [4.69, 9.17) is 4.74 Å². The number of aromatic nitrogens is 1. The van der Waals surface area contributed by atoms with Crippen molar-refractivity contribution in [1.82, 2.24) is 9.88 Å². The largest absolute Gasteiger partial charge is 0.491 e. The van der Waals surface area contributed by atoms with Gasteiger partial charge in [0.25, 0.3) is 0 Å². The minimum atomic E-state index is 0. The smallest absolute Gasteiger partial charge is 0.143 e. The van der Waals surface area contributed by atoms with E-state index in [1.807, 2.05) is 0 Å². The van der Waals surface area contributed by atoms with Crippen LogP contribution < -0.4 is 10.1 Å². The molecule has 0 spiro atoms. The maximum absolute atomic E-state index is 5.86. The quantitative estimate of drug-likeness (QED) is 0.791. The highest BCUT2D eigenvalue weighted by molar-refractivity contribution is 5.90. The number of nitrogens with zero attached hydrogens (tertiary/aromatic N) is 1. The Balaban J connectivity index is 0.000001000. The highest BCUT2D eigenvalue weighted by Crippen LogP contribution is 2.35. The summed E-state index contributed by atoms with van der Waals surface area (Å²) >= 11 is 0. The van der Waals surface area contributed by atoms with Gasteiger partial charge in [0.1, 0.15) is 5.75 Å². The van der Waals surface area contributed by atoms with Crippen molar-refractivity contribution in [1.29, 1.82) is 0 Å². The number of rotatable bonds is 0. The first-order chi connectivity index (χ1) is 8.45. The summed E-state index contributed by atoms with van der Waals surface area (Å²) in [6.45, 7) is 4.04. The summed E-state index contributed by atoms with van der Waals surface area (Å²) in [5, 5.41) is 4.85. The number of nitrogens with one attached hydrogen (secondary N) is 1. The third-order valence-electron chi connectivity index (χ3n) is 3.89. The van der Waals surface area contributed by atoms with Crippen molar-refractivity contribution in [3.8, 4) is 5.75 Å². The van der Waals surface area contributed by atoms with Crippen LogP contribution in [0.2, 0.25) is 0 Å². The van der Waals surface area contributed by atoms with Gasteiger partial charge in [-0.3, -0.25) is 0 Å². The van der Waals surface area contributed by atoms with E-state index in [0.29, 0.717) is 0 Å². The van der Waals surface area contributed by atoms with E-state index in [1.54, 1.807) is 0 Å². The second-order valence-electron chi connectivity index (χ2n) is 4.86. The lowest BCUT2D eigenvalue weighted by Gasteiger charge is -2.16. The molecule has 4 heteroatoms. The normalized spacial score (nSPS) is 17.6. The number of para-hydroxylation sites is 1. The first kappa shape index (κ1) is 11.9. The Labute approximate surface area is 113 Å². The fourth-order valence-corrected chi connectivity index (χ4v) is 3.17. The molecule has 3 heterocycles. The zero-order chi connectivity index (χ0) is 11.2. The van der Waals surface area contributed by atoms with Crippen LogP contribution in [0.15, 0.2) is 18.2 Å². The molecule has 4 rings (SSSR count). The SMILES string of the molecule is Cl.c1cc2c3c(c1)c1c(n3CCCO2)CCNC1. The molecule has 0 saturated carbocycles. The van der Waals surface area contributed by atoms with Crippen molar-refractivity contribution < 1.29 is 4.74 Å². The molecule has 0 radical (unpaired) electrons. The van der Waals surface area contributed by atoms with Gasteiger partial charge >= 0.3 is 0 Å². The van der Waals surface area contributed by atoms with Gasteiger partial charge in [0, 0.05) is 37.1 Å². The fraction of sp³-hybridized carbons (Fsp3) is 0.429. The van der Waals surface area contributed by atoms with Gasteiger partial charge in [0.05, 0.1) is 12.1 Å².